The predicted molar refractivity (Wildman–Crippen MR) is 71.3 cm³/mol. The van der Waals surface area contributed by atoms with Crippen LogP contribution in [0.3, 0.4) is 0 Å². The summed E-state index contributed by atoms with van der Waals surface area (Å²) in [5.41, 5.74) is 1.52. The van der Waals surface area contributed by atoms with E-state index in [1.165, 1.54) is 0 Å². The lowest BCUT2D eigenvalue weighted by Crippen LogP contribution is -2.48. The van der Waals surface area contributed by atoms with Crippen molar-refractivity contribution in [3.63, 3.8) is 0 Å². The maximum Gasteiger partial charge on any atom is 0.225 e. The van der Waals surface area contributed by atoms with E-state index in [1.807, 2.05) is 25.2 Å². The molecule has 0 saturated carbocycles. The van der Waals surface area contributed by atoms with Gasteiger partial charge in [-0.2, -0.15) is 0 Å². The van der Waals surface area contributed by atoms with E-state index in [0.717, 1.165) is 17.0 Å². The fourth-order valence-electron chi connectivity index (χ4n) is 3.56. The highest BCUT2D eigenvalue weighted by molar-refractivity contribution is 5.85. The first-order chi connectivity index (χ1) is 9.05. The Kier molecular flexibility index (Phi) is 2.50. The molecule has 1 saturated heterocycles. The quantitative estimate of drug-likeness (QED) is 0.846. The highest BCUT2D eigenvalue weighted by Crippen LogP contribution is 2.52. The number of hydrogen-bond acceptors (Lipinski definition) is 4. The van der Waals surface area contributed by atoms with E-state index in [2.05, 4.69) is 4.90 Å². The van der Waals surface area contributed by atoms with E-state index in [0.29, 0.717) is 6.42 Å². The monoisotopic (exact) mass is 262 g/mol. The highest BCUT2D eigenvalue weighted by Gasteiger charge is 2.58. The average molecular weight is 262 g/mol. The number of carbonyl (C=O) groups is 1. The van der Waals surface area contributed by atoms with E-state index in [9.17, 15) is 9.90 Å². The maximum absolute atomic E-state index is 12.0. The Bertz CT molecular complexity index is 545. The molecule has 1 aromatic rings. The zero-order chi connectivity index (χ0) is 13.8. The van der Waals surface area contributed by atoms with Gasteiger partial charge < -0.3 is 19.6 Å². The van der Waals surface area contributed by atoms with Crippen LogP contribution in [0.15, 0.2) is 18.2 Å². The lowest BCUT2D eigenvalue weighted by Gasteiger charge is -2.33. The van der Waals surface area contributed by atoms with Crippen molar-refractivity contribution in [2.75, 3.05) is 32.7 Å². The third-order valence-electron chi connectivity index (χ3n) is 4.49. The summed E-state index contributed by atoms with van der Waals surface area (Å²) >= 11 is 0. The number of rotatable bonds is 2. The average Bonchev–Trinajstić information content (AvgIpc) is 2.82. The van der Waals surface area contributed by atoms with Crippen molar-refractivity contribution in [1.29, 1.82) is 0 Å². The highest BCUT2D eigenvalue weighted by atomic mass is 16.5. The van der Waals surface area contributed by atoms with Gasteiger partial charge in [0.1, 0.15) is 11.9 Å². The van der Waals surface area contributed by atoms with Gasteiger partial charge in [-0.1, -0.05) is 0 Å². The topological polar surface area (TPSA) is 53.0 Å². The number of ether oxygens (including phenoxy) is 1. The molecule has 102 valence electrons. The number of nitrogens with zero attached hydrogens (tertiary/aromatic N) is 2. The number of benzene rings is 1. The largest absolute Gasteiger partial charge is 0.497 e. The van der Waals surface area contributed by atoms with Crippen LogP contribution in [-0.4, -0.2) is 49.9 Å². The second-order valence-corrected chi connectivity index (χ2v) is 5.36. The third kappa shape index (κ3) is 1.36. The molecule has 2 heterocycles. The number of amides is 1. The zero-order valence-corrected chi connectivity index (χ0v) is 11.4. The fourth-order valence-corrected chi connectivity index (χ4v) is 3.56. The predicted octanol–water partition coefficient (Wildman–Crippen LogP) is 0.563. The molecule has 0 aliphatic carbocycles. The summed E-state index contributed by atoms with van der Waals surface area (Å²) in [5.74, 6) is 0.821. The van der Waals surface area contributed by atoms with Crippen LogP contribution >= 0.6 is 0 Å². The minimum absolute atomic E-state index is 0.0434. The summed E-state index contributed by atoms with van der Waals surface area (Å²) in [5, 5.41) is 9.94. The van der Waals surface area contributed by atoms with Gasteiger partial charge in [-0.25, -0.2) is 0 Å². The van der Waals surface area contributed by atoms with Gasteiger partial charge in [-0.05, 0) is 23.8 Å². The molecule has 1 amide bonds. The van der Waals surface area contributed by atoms with Gasteiger partial charge in [0.15, 0.2) is 0 Å². The maximum atomic E-state index is 12.0. The SMILES string of the molecule is COc1ccc2c(c1)[C@]1(CO)CC(=O)N(C)[C@@H]1N2C. The second-order valence-electron chi connectivity index (χ2n) is 5.36. The van der Waals surface area contributed by atoms with Gasteiger partial charge in [-0.15, -0.1) is 0 Å². The molecule has 1 N–H and O–H groups in total. The van der Waals surface area contributed by atoms with Crippen molar-refractivity contribution in [2.45, 2.75) is 18.0 Å². The molecular formula is C14H18N2O3. The summed E-state index contributed by atoms with van der Waals surface area (Å²) in [7, 11) is 5.38. The molecule has 2 atom stereocenters. The molecule has 0 spiro atoms. The van der Waals surface area contributed by atoms with Crippen molar-refractivity contribution in [1.82, 2.24) is 4.90 Å². The van der Waals surface area contributed by atoms with Crippen molar-refractivity contribution in [2.24, 2.45) is 0 Å². The molecule has 0 bridgehead atoms. The van der Waals surface area contributed by atoms with Crippen LogP contribution in [0.5, 0.6) is 5.75 Å². The summed E-state index contributed by atoms with van der Waals surface area (Å²) < 4.78 is 5.27. The first kappa shape index (κ1) is 12.3. The van der Waals surface area contributed by atoms with Gasteiger partial charge in [0.25, 0.3) is 0 Å². The molecule has 19 heavy (non-hydrogen) atoms. The Morgan fingerprint density at radius 2 is 2.16 bits per heavy atom. The molecule has 5 heteroatoms. The standard InChI is InChI=1S/C14H18N2O3/c1-15-11-5-4-9(19-3)6-10(11)14(8-17)7-12(18)16(2)13(14)15/h4-6,13,17H,7-8H2,1-3H3/t13-,14+/m0/s1. The number of aliphatic hydroxyl groups excluding tert-OH is 1. The lowest BCUT2D eigenvalue weighted by molar-refractivity contribution is -0.127. The molecule has 1 fully saturated rings. The van der Waals surface area contributed by atoms with Gasteiger partial charge in [0.05, 0.1) is 19.1 Å². The molecule has 2 aliphatic rings. The number of fused-ring (bicyclic) bond motifs is 3. The Morgan fingerprint density at radius 3 is 2.79 bits per heavy atom. The van der Waals surface area contributed by atoms with Crippen molar-refractivity contribution in [3.8, 4) is 5.75 Å². The van der Waals surface area contributed by atoms with Crippen LogP contribution in [-0.2, 0) is 10.2 Å². The number of aliphatic hydroxyl groups is 1. The summed E-state index contributed by atoms with van der Waals surface area (Å²) in [6.07, 6.45) is 0.224. The third-order valence-corrected chi connectivity index (χ3v) is 4.49. The van der Waals surface area contributed by atoms with Gasteiger partial charge in [-0.3, -0.25) is 4.79 Å². The van der Waals surface area contributed by atoms with Crippen LogP contribution < -0.4 is 9.64 Å². The van der Waals surface area contributed by atoms with Crippen molar-refractivity contribution in [3.05, 3.63) is 23.8 Å². The number of likely N-dealkylation sites (N-methyl/N-ethyl adjacent to an activating group) is 2. The fraction of sp³-hybridized carbons (Fsp3) is 0.500. The van der Waals surface area contributed by atoms with E-state index >= 15 is 0 Å². The van der Waals surface area contributed by atoms with Crippen LogP contribution in [0.4, 0.5) is 5.69 Å². The Morgan fingerprint density at radius 1 is 1.42 bits per heavy atom. The number of hydrogen-bond donors (Lipinski definition) is 1. The lowest BCUT2D eigenvalue weighted by atomic mass is 9.80. The van der Waals surface area contributed by atoms with Gasteiger partial charge in [0.2, 0.25) is 5.91 Å². The molecule has 0 unspecified atom stereocenters. The molecule has 0 aromatic heterocycles. The molecule has 2 aliphatic heterocycles. The second kappa shape index (κ2) is 3.87. The molecule has 1 aromatic carbocycles. The first-order valence-electron chi connectivity index (χ1n) is 6.33. The molecule has 0 radical (unpaired) electrons. The van der Waals surface area contributed by atoms with Crippen LogP contribution in [0.1, 0.15) is 12.0 Å². The van der Waals surface area contributed by atoms with Gasteiger partial charge in [0, 0.05) is 26.2 Å². The van der Waals surface area contributed by atoms with Crippen LogP contribution in [0, 0.1) is 0 Å². The van der Waals surface area contributed by atoms with E-state index in [4.69, 9.17) is 4.74 Å². The van der Waals surface area contributed by atoms with Gasteiger partial charge >= 0.3 is 0 Å². The smallest absolute Gasteiger partial charge is 0.225 e. The Labute approximate surface area is 112 Å². The van der Waals surface area contributed by atoms with E-state index < -0.39 is 5.41 Å². The minimum atomic E-state index is -0.537. The van der Waals surface area contributed by atoms with Crippen molar-refractivity contribution < 1.29 is 14.6 Å². The molecule has 3 rings (SSSR count). The van der Waals surface area contributed by atoms with E-state index in [1.54, 1.807) is 19.1 Å². The molecule has 5 nitrogen and oxygen atoms in total. The minimum Gasteiger partial charge on any atom is -0.497 e. The number of anilines is 1. The normalized spacial score (nSPS) is 28.6. The van der Waals surface area contributed by atoms with Crippen molar-refractivity contribution >= 4 is 11.6 Å². The number of likely N-dealkylation sites (tertiary alicyclic amines) is 1. The van der Waals surface area contributed by atoms with E-state index in [-0.39, 0.29) is 18.7 Å². The number of carbonyl (C=O) groups excluding carboxylic acids is 1. The first-order valence-corrected chi connectivity index (χ1v) is 6.33. The zero-order valence-electron chi connectivity index (χ0n) is 11.4. The summed E-state index contributed by atoms with van der Waals surface area (Å²) in [4.78, 5) is 15.8. The Balaban J connectivity index is 2.20. The summed E-state index contributed by atoms with van der Waals surface area (Å²) in [6, 6.07) is 5.83. The summed E-state index contributed by atoms with van der Waals surface area (Å²) in [6.45, 7) is -0.0434. The van der Waals surface area contributed by atoms with Crippen LogP contribution in [0.25, 0.3) is 0 Å². The number of methoxy groups -OCH3 is 1. The Hall–Kier alpha value is -1.75. The molecular weight excluding hydrogens is 244 g/mol. The van der Waals surface area contributed by atoms with Crippen LogP contribution in [0.2, 0.25) is 0 Å².